The van der Waals surface area contributed by atoms with Gasteiger partial charge in [0.15, 0.2) is 11.4 Å². The lowest BCUT2D eigenvalue weighted by Crippen LogP contribution is -2.41. The van der Waals surface area contributed by atoms with Gasteiger partial charge in [-0.2, -0.15) is 0 Å². The standard InChI is InChI=1S/C25H23NO4/c1-16-11-12-17(2)18(13-16)15-26-21-9-5-4-8-20(21)25(30,24(26)29)14-23(28)19-7-3-6-10-22(19)27/h3-13,27,30H,14-15H2,1-2H3. The number of carbonyl (C=O) groups excluding carboxylic acids is 2. The Kier molecular flexibility index (Phi) is 4.92. The van der Waals surface area contributed by atoms with Gasteiger partial charge in [0.25, 0.3) is 5.91 Å². The van der Waals surface area contributed by atoms with Crippen molar-refractivity contribution in [2.75, 3.05) is 4.90 Å². The van der Waals surface area contributed by atoms with Crippen molar-refractivity contribution in [3.8, 4) is 5.75 Å². The van der Waals surface area contributed by atoms with Crippen molar-refractivity contribution in [1.29, 1.82) is 0 Å². The van der Waals surface area contributed by atoms with E-state index in [9.17, 15) is 19.8 Å². The number of anilines is 1. The van der Waals surface area contributed by atoms with Crippen LogP contribution in [0.15, 0.2) is 66.7 Å². The number of carbonyl (C=O) groups is 2. The molecule has 0 saturated heterocycles. The fraction of sp³-hybridized carbons (Fsp3) is 0.200. The molecule has 1 heterocycles. The van der Waals surface area contributed by atoms with Crippen LogP contribution >= 0.6 is 0 Å². The lowest BCUT2D eigenvalue weighted by Gasteiger charge is -2.23. The average molecular weight is 401 g/mol. The summed E-state index contributed by atoms with van der Waals surface area (Å²) in [5, 5.41) is 21.4. The van der Waals surface area contributed by atoms with Crippen LogP contribution in [0.3, 0.4) is 0 Å². The minimum absolute atomic E-state index is 0.0872. The minimum atomic E-state index is -1.98. The molecule has 5 heteroatoms. The second-order valence-corrected chi connectivity index (χ2v) is 7.82. The lowest BCUT2D eigenvalue weighted by molar-refractivity contribution is -0.136. The summed E-state index contributed by atoms with van der Waals surface area (Å²) in [6.07, 6.45) is -0.441. The number of rotatable bonds is 5. The van der Waals surface area contributed by atoms with E-state index in [0.29, 0.717) is 17.8 Å². The summed E-state index contributed by atoms with van der Waals surface area (Å²) in [4.78, 5) is 27.8. The van der Waals surface area contributed by atoms with Crippen LogP contribution in [0.25, 0.3) is 0 Å². The Labute approximate surface area is 175 Å². The third-order valence-corrected chi connectivity index (χ3v) is 5.69. The van der Waals surface area contributed by atoms with Gasteiger partial charge in [-0.3, -0.25) is 9.59 Å². The highest BCUT2D eigenvalue weighted by Crippen LogP contribution is 2.44. The summed E-state index contributed by atoms with van der Waals surface area (Å²) in [7, 11) is 0. The molecule has 1 aliphatic rings. The number of hydrogen-bond acceptors (Lipinski definition) is 4. The Morgan fingerprint density at radius 3 is 2.47 bits per heavy atom. The van der Waals surface area contributed by atoms with Crippen LogP contribution in [-0.4, -0.2) is 21.9 Å². The number of Topliss-reactive ketones (excluding diaryl/α,β-unsaturated/α-hetero) is 1. The van der Waals surface area contributed by atoms with E-state index in [4.69, 9.17) is 0 Å². The predicted octanol–water partition coefficient (Wildman–Crippen LogP) is 4.02. The topological polar surface area (TPSA) is 77.8 Å². The highest BCUT2D eigenvalue weighted by molar-refractivity contribution is 6.11. The zero-order chi connectivity index (χ0) is 21.5. The number of aromatic hydroxyl groups is 1. The van der Waals surface area contributed by atoms with Gasteiger partial charge in [-0.05, 0) is 43.2 Å². The van der Waals surface area contributed by atoms with Crippen LogP contribution in [0.2, 0.25) is 0 Å². The van der Waals surface area contributed by atoms with Gasteiger partial charge >= 0.3 is 0 Å². The number of amides is 1. The molecule has 1 atom stereocenters. The number of hydrogen-bond donors (Lipinski definition) is 2. The molecule has 0 fully saturated rings. The number of aryl methyl sites for hydroxylation is 2. The molecule has 0 radical (unpaired) electrons. The smallest absolute Gasteiger partial charge is 0.264 e. The molecule has 0 spiro atoms. The first-order valence-corrected chi connectivity index (χ1v) is 9.82. The Bertz CT molecular complexity index is 1150. The zero-order valence-electron chi connectivity index (χ0n) is 16.9. The van der Waals surface area contributed by atoms with Crippen molar-refractivity contribution < 1.29 is 19.8 Å². The maximum atomic E-state index is 13.4. The first kappa shape index (κ1) is 19.9. The lowest BCUT2D eigenvalue weighted by atomic mass is 9.88. The summed E-state index contributed by atoms with van der Waals surface area (Å²) < 4.78 is 0. The Balaban J connectivity index is 1.71. The van der Waals surface area contributed by atoms with Crippen LogP contribution < -0.4 is 4.90 Å². The molecule has 152 valence electrons. The number of ketones is 1. The molecule has 2 N–H and O–H groups in total. The molecule has 1 amide bonds. The molecule has 1 unspecified atom stereocenters. The van der Waals surface area contributed by atoms with E-state index in [1.165, 1.54) is 17.0 Å². The van der Waals surface area contributed by atoms with Crippen LogP contribution in [0.1, 0.15) is 39.0 Å². The number of para-hydroxylation sites is 2. The summed E-state index contributed by atoms with van der Waals surface area (Å²) in [6, 6.07) is 19.2. The molecule has 0 aliphatic carbocycles. The fourth-order valence-corrected chi connectivity index (χ4v) is 4.01. The zero-order valence-corrected chi connectivity index (χ0v) is 16.9. The molecule has 3 aromatic rings. The maximum Gasteiger partial charge on any atom is 0.264 e. The maximum absolute atomic E-state index is 13.4. The van der Waals surface area contributed by atoms with Gasteiger partial charge in [-0.1, -0.05) is 54.1 Å². The summed E-state index contributed by atoms with van der Waals surface area (Å²) in [6.45, 7) is 4.27. The second kappa shape index (κ2) is 7.43. The quantitative estimate of drug-likeness (QED) is 0.633. The number of fused-ring (bicyclic) bond motifs is 1. The van der Waals surface area contributed by atoms with Gasteiger partial charge in [0.2, 0.25) is 0 Å². The van der Waals surface area contributed by atoms with Crippen LogP contribution in [0, 0.1) is 13.8 Å². The SMILES string of the molecule is Cc1ccc(C)c(CN2C(=O)C(O)(CC(=O)c3ccccc3O)c3ccccc32)c1. The molecule has 1 aliphatic heterocycles. The molecule has 4 rings (SSSR count). The normalized spacial score (nSPS) is 17.8. The molecular formula is C25H23NO4. The molecule has 30 heavy (non-hydrogen) atoms. The van der Waals surface area contributed by atoms with Crippen LogP contribution in [-0.2, 0) is 16.9 Å². The third-order valence-electron chi connectivity index (χ3n) is 5.69. The average Bonchev–Trinajstić information content (AvgIpc) is 2.93. The third kappa shape index (κ3) is 3.27. The summed E-state index contributed by atoms with van der Waals surface area (Å²) >= 11 is 0. The first-order chi connectivity index (χ1) is 14.3. The van der Waals surface area contributed by atoms with Crippen LogP contribution in [0.5, 0.6) is 5.75 Å². The van der Waals surface area contributed by atoms with E-state index in [0.717, 1.165) is 16.7 Å². The minimum Gasteiger partial charge on any atom is -0.507 e. The van der Waals surface area contributed by atoms with E-state index in [-0.39, 0.29) is 11.3 Å². The number of aliphatic hydroxyl groups is 1. The van der Waals surface area contributed by atoms with Crippen molar-refractivity contribution >= 4 is 17.4 Å². The van der Waals surface area contributed by atoms with Gasteiger partial charge in [0.1, 0.15) is 5.75 Å². The van der Waals surface area contributed by atoms with Crippen molar-refractivity contribution in [2.45, 2.75) is 32.4 Å². The highest BCUT2D eigenvalue weighted by atomic mass is 16.3. The van der Waals surface area contributed by atoms with E-state index in [1.807, 2.05) is 32.0 Å². The largest absolute Gasteiger partial charge is 0.507 e. The fourth-order valence-electron chi connectivity index (χ4n) is 4.01. The Morgan fingerprint density at radius 2 is 1.70 bits per heavy atom. The van der Waals surface area contributed by atoms with Gasteiger partial charge in [0.05, 0.1) is 24.2 Å². The summed E-state index contributed by atoms with van der Waals surface area (Å²) in [5.74, 6) is -1.20. The number of phenols is 1. The van der Waals surface area contributed by atoms with Crippen LogP contribution in [0.4, 0.5) is 5.69 Å². The van der Waals surface area contributed by atoms with Crippen molar-refractivity contribution in [2.24, 2.45) is 0 Å². The molecule has 5 nitrogen and oxygen atoms in total. The second-order valence-electron chi connectivity index (χ2n) is 7.82. The van der Waals surface area contributed by atoms with E-state index in [2.05, 4.69) is 0 Å². The number of benzene rings is 3. The summed E-state index contributed by atoms with van der Waals surface area (Å²) in [5.41, 5.74) is 2.22. The molecular weight excluding hydrogens is 378 g/mol. The monoisotopic (exact) mass is 401 g/mol. The molecule has 0 aromatic heterocycles. The molecule has 3 aromatic carbocycles. The molecule has 0 saturated carbocycles. The van der Waals surface area contributed by atoms with E-state index in [1.54, 1.807) is 36.4 Å². The van der Waals surface area contributed by atoms with Gasteiger partial charge < -0.3 is 15.1 Å². The van der Waals surface area contributed by atoms with Gasteiger partial charge in [-0.15, -0.1) is 0 Å². The van der Waals surface area contributed by atoms with Crippen molar-refractivity contribution in [1.82, 2.24) is 0 Å². The number of phenolic OH excluding ortho intramolecular Hbond substituents is 1. The Hall–Kier alpha value is -3.44. The van der Waals surface area contributed by atoms with Gasteiger partial charge in [-0.25, -0.2) is 0 Å². The van der Waals surface area contributed by atoms with Gasteiger partial charge in [0, 0.05) is 5.56 Å². The molecule has 0 bridgehead atoms. The van der Waals surface area contributed by atoms with Crippen molar-refractivity contribution in [3.63, 3.8) is 0 Å². The predicted molar refractivity (Wildman–Crippen MR) is 114 cm³/mol. The highest BCUT2D eigenvalue weighted by Gasteiger charge is 2.51. The first-order valence-electron chi connectivity index (χ1n) is 9.82. The van der Waals surface area contributed by atoms with E-state index < -0.39 is 23.7 Å². The number of nitrogens with zero attached hydrogens (tertiary/aromatic N) is 1. The Morgan fingerprint density at radius 1 is 1.00 bits per heavy atom. The van der Waals surface area contributed by atoms with E-state index >= 15 is 0 Å². The van der Waals surface area contributed by atoms with Crippen molar-refractivity contribution in [3.05, 3.63) is 94.5 Å².